The number of nitrogens with two attached hydrogens (primary N) is 1. The molecule has 2 aromatic heterocycles. The van der Waals surface area contributed by atoms with E-state index in [1.54, 1.807) is 6.33 Å². The minimum atomic E-state index is -0.333. The smallest absolute Gasteiger partial charge is 0.252 e. The number of hydrogen-bond acceptors (Lipinski definition) is 4. The fraction of sp³-hybridized carbons (Fsp3) is 0.400. The van der Waals surface area contributed by atoms with E-state index in [9.17, 15) is 4.79 Å². The first kappa shape index (κ1) is 21.3. The Morgan fingerprint density at radius 3 is 2.31 bits per heavy atom. The molecule has 140 valence electrons. The number of aryl methyl sites for hydroxylation is 1. The molecule has 0 radical (unpaired) electrons. The summed E-state index contributed by atoms with van der Waals surface area (Å²) in [6, 6.07) is 10.4. The Labute approximate surface area is 155 Å². The van der Waals surface area contributed by atoms with Gasteiger partial charge in [-0.1, -0.05) is 58.0 Å². The van der Waals surface area contributed by atoms with Crippen LogP contribution in [0.5, 0.6) is 0 Å². The predicted octanol–water partition coefficient (Wildman–Crippen LogP) is 3.82. The molecule has 0 bridgehead atoms. The van der Waals surface area contributed by atoms with Crippen LogP contribution >= 0.6 is 0 Å². The highest BCUT2D eigenvalue weighted by molar-refractivity contribution is 5.70. The van der Waals surface area contributed by atoms with E-state index in [0.717, 1.165) is 12.1 Å². The molecule has 0 aliphatic rings. The van der Waals surface area contributed by atoms with Gasteiger partial charge in [0.1, 0.15) is 6.33 Å². The Balaban J connectivity index is 0.000000500. The summed E-state index contributed by atoms with van der Waals surface area (Å²) in [6.07, 6.45) is 2.52. The highest BCUT2D eigenvalue weighted by atomic mass is 16.1. The second-order valence-corrected chi connectivity index (χ2v) is 6.07. The fourth-order valence-corrected chi connectivity index (χ4v) is 2.58. The SMILES string of the molecule is CC.CC(N)=O.Cc1nc2ncnn2c(CC(C)C)c1-c1ccccc1. The van der Waals surface area contributed by atoms with Gasteiger partial charge in [0.2, 0.25) is 5.91 Å². The highest BCUT2D eigenvalue weighted by Crippen LogP contribution is 2.28. The van der Waals surface area contributed by atoms with Crippen molar-refractivity contribution in [1.29, 1.82) is 0 Å². The van der Waals surface area contributed by atoms with Crippen molar-refractivity contribution in [3.05, 3.63) is 48.0 Å². The van der Waals surface area contributed by atoms with Crippen LogP contribution in [0.1, 0.15) is 46.0 Å². The zero-order valence-corrected chi connectivity index (χ0v) is 16.5. The van der Waals surface area contributed by atoms with E-state index in [2.05, 4.69) is 58.9 Å². The van der Waals surface area contributed by atoms with Crippen molar-refractivity contribution in [3.63, 3.8) is 0 Å². The van der Waals surface area contributed by atoms with Gasteiger partial charge in [-0.15, -0.1) is 0 Å². The van der Waals surface area contributed by atoms with Gasteiger partial charge in [0, 0.05) is 12.5 Å². The summed E-state index contributed by atoms with van der Waals surface area (Å²) in [6.45, 7) is 11.8. The van der Waals surface area contributed by atoms with E-state index in [-0.39, 0.29) is 5.91 Å². The third kappa shape index (κ3) is 5.65. The summed E-state index contributed by atoms with van der Waals surface area (Å²) in [4.78, 5) is 18.0. The van der Waals surface area contributed by atoms with E-state index >= 15 is 0 Å². The molecule has 0 saturated heterocycles. The molecule has 0 spiro atoms. The molecule has 0 aliphatic heterocycles. The molecule has 2 N–H and O–H groups in total. The van der Waals surface area contributed by atoms with Crippen LogP contribution in [0.15, 0.2) is 36.7 Å². The maximum Gasteiger partial charge on any atom is 0.252 e. The zero-order valence-electron chi connectivity index (χ0n) is 16.5. The van der Waals surface area contributed by atoms with Crippen molar-refractivity contribution >= 4 is 11.7 Å². The van der Waals surface area contributed by atoms with Gasteiger partial charge in [0.15, 0.2) is 0 Å². The molecule has 6 nitrogen and oxygen atoms in total. The van der Waals surface area contributed by atoms with Crippen molar-refractivity contribution < 1.29 is 4.79 Å². The van der Waals surface area contributed by atoms with Crippen LogP contribution < -0.4 is 5.73 Å². The van der Waals surface area contributed by atoms with Gasteiger partial charge in [-0.05, 0) is 24.8 Å². The number of rotatable bonds is 3. The standard InChI is InChI=1S/C16H18N4.C2H5NO.C2H6/c1-11(2)9-14-15(13-7-5-4-6-8-13)12(3)19-16-17-10-18-20(14)16;1-2(3)4;1-2/h4-8,10-11H,9H2,1-3H3;1H3,(H2,3,4);1-2H3. The first-order valence-corrected chi connectivity index (χ1v) is 8.90. The molecular weight excluding hydrogens is 326 g/mol. The molecule has 3 aromatic rings. The molecule has 26 heavy (non-hydrogen) atoms. The summed E-state index contributed by atoms with van der Waals surface area (Å²) in [5, 5.41) is 4.34. The van der Waals surface area contributed by atoms with Crippen LogP contribution in [0.4, 0.5) is 0 Å². The maximum atomic E-state index is 9.22. The zero-order chi connectivity index (χ0) is 19.7. The Hall–Kier alpha value is -2.76. The number of aromatic nitrogens is 4. The van der Waals surface area contributed by atoms with E-state index in [0.29, 0.717) is 11.7 Å². The normalized spacial score (nSPS) is 9.96. The largest absolute Gasteiger partial charge is 0.370 e. The lowest BCUT2D eigenvalue weighted by Crippen LogP contribution is -2.09. The van der Waals surface area contributed by atoms with E-state index in [1.807, 2.05) is 31.4 Å². The molecule has 0 atom stereocenters. The first-order valence-electron chi connectivity index (χ1n) is 8.90. The van der Waals surface area contributed by atoms with Gasteiger partial charge in [-0.2, -0.15) is 10.1 Å². The summed E-state index contributed by atoms with van der Waals surface area (Å²) in [5.41, 5.74) is 9.03. The highest BCUT2D eigenvalue weighted by Gasteiger charge is 2.16. The number of carbonyl (C=O) groups is 1. The molecule has 0 unspecified atom stereocenters. The first-order chi connectivity index (χ1) is 12.4. The third-order valence-electron chi connectivity index (χ3n) is 3.37. The average molecular weight is 355 g/mol. The molecule has 1 aromatic carbocycles. The van der Waals surface area contributed by atoms with E-state index in [1.165, 1.54) is 23.7 Å². The number of hydrogen-bond donors (Lipinski definition) is 1. The summed E-state index contributed by atoms with van der Waals surface area (Å²) in [5.74, 6) is 0.893. The average Bonchev–Trinajstić information content (AvgIpc) is 3.05. The number of fused-ring (bicyclic) bond motifs is 1. The Bertz CT molecular complexity index is 821. The monoisotopic (exact) mass is 355 g/mol. The van der Waals surface area contributed by atoms with E-state index in [4.69, 9.17) is 0 Å². The number of nitrogens with zero attached hydrogens (tertiary/aromatic N) is 4. The molecule has 6 heteroatoms. The van der Waals surface area contributed by atoms with Crippen molar-refractivity contribution in [1.82, 2.24) is 19.6 Å². The minimum Gasteiger partial charge on any atom is -0.370 e. The maximum absolute atomic E-state index is 9.22. The van der Waals surface area contributed by atoms with Gasteiger partial charge in [-0.3, -0.25) is 4.79 Å². The van der Waals surface area contributed by atoms with Crippen LogP contribution in [0.2, 0.25) is 0 Å². The van der Waals surface area contributed by atoms with Crippen LogP contribution in [-0.4, -0.2) is 25.5 Å². The topological polar surface area (TPSA) is 86.2 Å². The summed E-state index contributed by atoms with van der Waals surface area (Å²) >= 11 is 0. The fourth-order valence-electron chi connectivity index (χ4n) is 2.58. The molecule has 0 aliphatic carbocycles. The Morgan fingerprint density at radius 1 is 1.19 bits per heavy atom. The van der Waals surface area contributed by atoms with Gasteiger partial charge in [0.05, 0.1) is 11.4 Å². The Morgan fingerprint density at radius 2 is 1.77 bits per heavy atom. The van der Waals surface area contributed by atoms with Gasteiger partial charge < -0.3 is 5.73 Å². The molecular formula is C20H29N5O. The summed E-state index contributed by atoms with van der Waals surface area (Å²) in [7, 11) is 0. The van der Waals surface area contributed by atoms with Gasteiger partial charge in [-0.25, -0.2) is 9.50 Å². The number of primary amides is 1. The van der Waals surface area contributed by atoms with Crippen LogP contribution in [0, 0.1) is 12.8 Å². The van der Waals surface area contributed by atoms with Crippen LogP contribution in [0.25, 0.3) is 16.9 Å². The van der Waals surface area contributed by atoms with Crippen molar-refractivity contribution in [2.24, 2.45) is 11.7 Å². The molecule has 1 amide bonds. The number of benzene rings is 1. The lowest BCUT2D eigenvalue weighted by molar-refractivity contribution is -0.115. The summed E-state index contributed by atoms with van der Waals surface area (Å²) < 4.78 is 1.87. The molecule has 0 fully saturated rings. The quantitative estimate of drug-likeness (QED) is 0.774. The molecule has 2 heterocycles. The van der Waals surface area contributed by atoms with E-state index < -0.39 is 0 Å². The van der Waals surface area contributed by atoms with Crippen molar-refractivity contribution in [3.8, 4) is 11.1 Å². The van der Waals surface area contributed by atoms with Gasteiger partial charge >= 0.3 is 0 Å². The Kier molecular flexibility index (Phi) is 8.42. The molecule has 3 rings (SSSR count). The molecule has 0 saturated carbocycles. The van der Waals surface area contributed by atoms with Crippen LogP contribution in [0.3, 0.4) is 0 Å². The predicted molar refractivity (Wildman–Crippen MR) is 106 cm³/mol. The minimum absolute atomic E-state index is 0.333. The van der Waals surface area contributed by atoms with Gasteiger partial charge in [0.25, 0.3) is 5.78 Å². The number of amides is 1. The lowest BCUT2D eigenvalue weighted by atomic mass is 9.97. The lowest BCUT2D eigenvalue weighted by Gasteiger charge is -2.15. The van der Waals surface area contributed by atoms with Crippen molar-refractivity contribution in [2.45, 2.75) is 48.0 Å². The third-order valence-corrected chi connectivity index (χ3v) is 3.37. The van der Waals surface area contributed by atoms with Crippen molar-refractivity contribution in [2.75, 3.05) is 0 Å². The van der Waals surface area contributed by atoms with Crippen LogP contribution in [-0.2, 0) is 11.2 Å². The number of carbonyl (C=O) groups excluding carboxylic acids is 1. The second-order valence-electron chi connectivity index (χ2n) is 6.07. The second kappa shape index (κ2) is 10.3.